The molecular weight excluding hydrogens is 190 g/mol. The lowest BCUT2D eigenvalue weighted by molar-refractivity contribution is 0.135. The number of hydrogen-bond donors (Lipinski definition) is 1. The average Bonchev–Trinajstić information content (AvgIpc) is 2.47. The van der Waals surface area contributed by atoms with Crippen LogP contribution in [0.4, 0.5) is 0 Å². The maximum atomic E-state index is 5.33. The monoisotopic (exact) mass is 211 g/mol. The molecule has 0 bridgehead atoms. The predicted octanol–water partition coefficient (Wildman–Crippen LogP) is 1.26. The number of rotatable bonds is 6. The number of hydrogen-bond acceptors (Lipinski definition) is 3. The van der Waals surface area contributed by atoms with Crippen molar-refractivity contribution < 1.29 is 4.74 Å². The van der Waals surface area contributed by atoms with Gasteiger partial charge in [-0.25, -0.2) is 0 Å². The smallest absolute Gasteiger partial charge is 0.0662 e. The van der Waals surface area contributed by atoms with E-state index in [-0.39, 0.29) is 0 Å². The molecule has 1 heterocycles. The average molecular weight is 211 g/mol. The zero-order chi connectivity index (χ0) is 11.3. The topological polar surface area (TPSA) is 39.1 Å². The first-order valence-electron chi connectivity index (χ1n) is 5.46. The van der Waals surface area contributed by atoms with Gasteiger partial charge in [0.1, 0.15) is 0 Å². The van der Waals surface area contributed by atoms with E-state index < -0.39 is 0 Å². The van der Waals surface area contributed by atoms with E-state index in [9.17, 15) is 0 Å². The van der Waals surface area contributed by atoms with Crippen molar-refractivity contribution in [2.24, 2.45) is 0 Å². The maximum absolute atomic E-state index is 5.33. The van der Waals surface area contributed by atoms with Crippen molar-refractivity contribution in [1.29, 1.82) is 0 Å². The molecule has 4 nitrogen and oxygen atoms in total. The highest BCUT2D eigenvalue weighted by Crippen LogP contribution is 2.12. The van der Waals surface area contributed by atoms with Crippen molar-refractivity contribution in [3.05, 3.63) is 17.0 Å². The van der Waals surface area contributed by atoms with E-state index in [1.165, 1.54) is 11.3 Å². The summed E-state index contributed by atoms with van der Waals surface area (Å²) in [6, 6.07) is 0. The molecule has 0 aromatic carbocycles. The second-order valence-electron chi connectivity index (χ2n) is 3.60. The van der Waals surface area contributed by atoms with Gasteiger partial charge in [0.25, 0.3) is 0 Å². The molecule has 1 N–H and O–H groups in total. The van der Waals surface area contributed by atoms with Crippen molar-refractivity contribution in [3.63, 3.8) is 0 Å². The molecule has 4 heteroatoms. The Morgan fingerprint density at radius 1 is 1.40 bits per heavy atom. The van der Waals surface area contributed by atoms with Crippen LogP contribution in [-0.4, -0.2) is 30.0 Å². The van der Waals surface area contributed by atoms with Crippen LogP contribution in [0.3, 0.4) is 0 Å². The summed E-state index contributed by atoms with van der Waals surface area (Å²) in [6.07, 6.45) is 0. The molecule has 0 aliphatic heterocycles. The van der Waals surface area contributed by atoms with E-state index in [1.54, 1.807) is 0 Å². The van der Waals surface area contributed by atoms with Crippen LogP contribution in [0.1, 0.15) is 23.9 Å². The Morgan fingerprint density at radius 2 is 2.13 bits per heavy atom. The Balaban J connectivity index is 2.68. The van der Waals surface area contributed by atoms with Gasteiger partial charge in [-0.15, -0.1) is 0 Å². The van der Waals surface area contributed by atoms with Crippen LogP contribution >= 0.6 is 0 Å². The molecule has 1 aromatic rings. The van der Waals surface area contributed by atoms with Crippen LogP contribution in [-0.2, 0) is 17.8 Å². The highest BCUT2D eigenvalue weighted by atomic mass is 16.5. The lowest BCUT2D eigenvalue weighted by Gasteiger charge is -2.05. The van der Waals surface area contributed by atoms with Crippen molar-refractivity contribution >= 4 is 0 Å². The minimum Gasteiger partial charge on any atom is -0.380 e. The quantitative estimate of drug-likeness (QED) is 0.720. The number of aryl methyl sites for hydroxylation is 1. The van der Waals surface area contributed by atoms with Gasteiger partial charge in [-0.05, 0) is 27.8 Å². The Morgan fingerprint density at radius 3 is 2.73 bits per heavy atom. The van der Waals surface area contributed by atoms with Crippen LogP contribution < -0.4 is 5.32 Å². The summed E-state index contributed by atoms with van der Waals surface area (Å²) in [5.74, 6) is 0. The van der Waals surface area contributed by atoms with Gasteiger partial charge >= 0.3 is 0 Å². The second-order valence-corrected chi connectivity index (χ2v) is 3.60. The molecule has 1 aromatic heterocycles. The van der Waals surface area contributed by atoms with Crippen LogP contribution in [0, 0.1) is 13.8 Å². The molecule has 86 valence electrons. The molecule has 1 rings (SSSR count). The van der Waals surface area contributed by atoms with Gasteiger partial charge in [0.15, 0.2) is 0 Å². The Kier molecular flexibility index (Phi) is 4.78. The van der Waals surface area contributed by atoms with Crippen molar-refractivity contribution in [3.8, 4) is 0 Å². The lowest BCUT2D eigenvalue weighted by Crippen LogP contribution is -2.10. The standard InChI is InChI=1S/C11H21N3O/c1-5-15-7-6-14-10(3)11(8-12-4)9(2)13-14/h12H,5-8H2,1-4H3. The van der Waals surface area contributed by atoms with Gasteiger partial charge in [-0.3, -0.25) is 4.68 Å². The molecule has 0 radical (unpaired) electrons. The van der Waals surface area contributed by atoms with Gasteiger partial charge in [0.2, 0.25) is 0 Å². The van der Waals surface area contributed by atoms with E-state index in [0.29, 0.717) is 0 Å². The molecule has 0 saturated heterocycles. The summed E-state index contributed by atoms with van der Waals surface area (Å²) < 4.78 is 7.35. The van der Waals surface area contributed by atoms with Crippen LogP contribution in [0.5, 0.6) is 0 Å². The molecule has 0 aliphatic rings. The Hall–Kier alpha value is -0.870. The van der Waals surface area contributed by atoms with Gasteiger partial charge in [0.05, 0.1) is 18.8 Å². The number of nitrogens with one attached hydrogen (secondary N) is 1. The first-order valence-corrected chi connectivity index (χ1v) is 5.46. The van der Waals surface area contributed by atoms with Crippen molar-refractivity contribution in [2.45, 2.75) is 33.9 Å². The fraction of sp³-hybridized carbons (Fsp3) is 0.727. The van der Waals surface area contributed by atoms with Crippen molar-refractivity contribution in [2.75, 3.05) is 20.3 Å². The zero-order valence-corrected chi connectivity index (χ0v) is 10.1. The molecular formula is C11H21N3O. The van der Waals surface area contributed by atoms with Gasteiger partial charge in [-0.2, -0.15) is 5.10 Å². The van der Waals surface area contributed by atoms with Gasteiger partial charge in [0, 0.05) is 24.4 Å². The Labute approximate surface area is 91.6 Å². The molecule has 0 aliphatic carbocycles. The zero-order valence-electron chi connectivity index (χ0n) is 10.1. The third-order valence-electron chi connectivity index (χ3n) is 2.54. The number of aromatic nitrogens is 2. The van der Waals surface area contributed by atoms with E-state index in [1.807, 2.05) is 18.7 Å². The maximum Gasteiger partial charge on any atom is 0.0662 e. The fourth-order valence-electron chi connectivity index (χ4n) is 1.68. The SMILES string of the molecule is CCOCCn1nc(C)c(CNC)c1C. The van der Waals surface area contributed by atoms with Gasteiger partial charge < -0.3 is 10.1 Å². The lowest BCUT2D eigenvalue weighted by atomic mass is 10.2. The molecule has 15 heavy (non-hydrogen) atoms. The molecule has 0 saturated carbocycles. The van der Waals surface area contributed by atoms with Crippen LogP contribution in [0.2, 0.25) is 0 Å². The fourth-order valence-corrected chi connectivity index (χ4v) is 1.68. The molecule has 0 amide bonds. The highest BCUT2D eigenvalue weighted by molar-refractivity contribution is 5.24. The number of nitrogens with zero attached hydrogens (tertiary/aromatic N) is 2. The van der Waals surface area contributed by atoms with E-state index in [2.05, 4.69) is 24.3 Å². The summed E-state index contributed by atoms with van der Waals surface area (Å²) >= 11 is 0. The summed E-state index contributed by atoms with van der Waals surface area (Å²) in [6.45, 7) is 9.39. The molecule has 0 spiro atoms. The minimum atomic E-state index is 0.734. The third-order valence-corrected chi connectivity index (χ3v) is 2.54. The third kappa shape index (κ3) is 3.04. The van der Waals surface area contributed by atoms with Crippen LogP contribution in [0.15, 0.2) is 0 Å². The Bertz CT molecular complexity index is 307. The first-order chi connectivity index (χ1) is 7.20. The molecule has 0 unspecified atom stereocenters. The molecule has 0 atom stereocenters. The molecule has 0 fully saturated rings. The number of ether oxygens (including phenoxy) is 1. The minimum absolute atomic E-state index is 0.734. The van der Waals surface area contributed by atoms with Crippen molar-refractivity contribution in [1.82, 2.24) is 15.1 Å². The first kappa shape index (κ1) is 12.2. The summed E-state index contributed by atoms with van der Waals surface area (Å²) in [5.41, 5.74) is 3.65. The van der Waals surface area contributed by atoms with E-state index in [0.717, 1.165) is 32.0 Å². The second kappa shape index (κ2) is 5.88. The van der Waals surface area contributed by atoms with E-state index >= 15 is 0 Å². The highest BCUT2D eigenvalue weighted by Gasteiger charge is 2.09. The summed E-state index contributed by atoms with van der Waals surface area (Å²) in [4.78, 5) is 0. The predicted molar refractivity (Wildman–Crippen MR) is 61.0 cm³/mol. The van der Waals surface area contributed by atoms with Crippen LogP contribution in [0.25, 0.3) is 0 Å². The van der Waals surface area contributed by atoms with E-state index in [4.69, 9.17) is 4.74 Å². The van der Waals surface area contributed by atoms with Gasteiger partial charge in [-0.1, -0.05) is 0 Å². The normalized spacial score (nSPS) is 10.9. The largest absolute Gasteiger partial charge is 0.380 e. The summed E-state index contributed by atoms with van der Waals surface area (Å²) in [7, 11) is 1.95. The summed E-state index contributed by atoms with van der Waals surface area (Å²) in [5, 5.41) is 7.66.